The summed E-state index contributed by atoms with van der Waals surface area (Å²) >= 11 is 0. The number of aliphatic carboxylic acids is 1. The van der Waals surface area contributed by atoms with Crippen molar-refractivity contribution in [2.75, 3.05) is 5.75 Å². The topological polar surface area (TPSA) is 91.7 Å². The van der Waals surface area contributed by atoms with Crippen LogP contribution in [0.3, 0.4) is 0 Å². The summed E-state index contributed by atoms with van der Waals surface area (Å²) in [5.74, 6) is -0.954. The van der Waals surface area contributed by atoms with Crippen LogP contribution in [0.4, 0.5) is 0 Å². The summed E-state index contributed by atoms with van der Waals surface area (Å²) in [5.41, 5.74) is 0. The minimum atomic E-state index is -3.74. The maximum atomic E-state index is 9.75. The molecular weight excluding hydrogens is 235 g/mol. The Morgan fingerprint density at radius 3 is 1.86 bits per heavy atom. The van der Waals surface area contributed by atoms with Gasteiger partial charge in [0.15, 0.2) is 0 Å². The van der Waals surface area contributed by atoms with E-state index in [1.54, 1.807) is 0 Å². The molecule has 0 saturated heterocycles. The molecule has 2 N–H and O–H groups in total. The van der Waals surface area contributed by atoms with Crippen LogP contribution < -0.4 is 51.4 Å². The van der Waals surface area contributed by atoms with Crippen molar-refractivity contribution in [2.45, 2.75) is 26.2 Å². The Morgan fingerprint density at radius 1 is 1.43 bits per heavy atom. The Hall–Kier alpha value is 1.02. The van der Waals surface area contributed by atoms with E-state index in [2.05, 4.69) is 6.92 Å². The van der Waals surface area contributed by atoms with Gasteiger partial charge in [-0.15, -0.1) is 0 Å². The van der Waals surface area contributed by atoms with Crippen molar-refractivity contribution in [1.29, 1.82) is 0 Å². The molecule has 0 radical (unpaired) electrons. The fourth-order valence-corrected chi connectivity index (χ4v) is 0.761. The molecular formula is C7H15KO5S. The van der Waals surface area contributed by atoms with Crippen LogP contribution in [-0.2, 0) is 14.9 Å². The van der Waals surface area contributed by atoms with Crippen LogP contribution in [0.5, 0.6) is 0 Å². The number of hydrogen-bond donors (Lipinski definition) is 2. The van der Waals surface area contributed by atoms with Crippen molar-refractivity contribution in [2.24, 2.45) is 0 Å². The van der Waals surface area contributed by atoms with Crippen molar-refractivity contribution < 1.29 is 74.3 Å². The van der Waals surface area contributed by atoms with Gasteiger partial charge in [0.05, 0.1) is 0 Å². The van der Waals surface area contributed by atoms with Gasteiger partial charge >= 0.3 is 57.4 Å². The van der Waals surface area contributed by atoms with Crippen molar-refractivity contribution >= 4 is 16.1 Å². The molecule has 0 aliphatic heterocycles. The smallest absolute Gasteiger partial charge is 0.481 e. The Bertz CT molecular complexity index is 224. The number of hydrogen-bond acceptors (Lipinski definition) is 3. The average Bonchev–Trinajstić information content (AvgIpc) is 1.84. The molecule has 0 spiro atoms. The van der Waals surface area contributed by atoms with E-state index in [1.165, 1.54) is 0 Å². The molecule has 0 atom stereocenters. The van der Waals surface area contributed by atoms with Crippen molar-refractivity contribution in [3.63, 3.8) is 0 Å². The van der Waals surface area contributed by atoms with Crippen LogP contribution >= 0.6 is 0 Å². The zero-order valence-corrected chi connectivity index (χ0v) is 12.5. The van der Waals surface area contributed by atoms with Gasteiger partial charge in [-0.1, -0.05) is 6.92 Å². The molecule has 0 rings (SSSR count). The number of carboxylic acid groups (broad SMARTS) is 1. The maximum absolute atomic E-state index is 9.75. The van der Waals surface area contributed by atoms with Crippen molar-refractivity contribution in [3.05, 3.63) is 6.92 Å². The second-order valence-corrected chi connectivity index (χ2v) is 3.86. The van der Waals surface area contributed by atoms with Crippen LogP contribution in [0, 0.1) is 6.92 Å². The first-order chi connectivity index (χ1) is 5.83. The van der Waals surface area contributed by atoms with Gasteiger partial charge in [-0.25, -0.2) is 0 Å². The summed E-state index contributed by atoms with van der Waals surface area (Å²) in [6.45, 7) is 5.07. The third-order valence-electron chi connectivity index (χ3n) is 0.866. The minimum absolute atomic E-state index is 0. The van der Waals surface area contributed by atoms with E-state index < -0.39 is 16.1 Å². The molecule has 0 heterocycles. The molecule has 5 nitrogen and oxygen atoms in total. The molecule has 0 aromatic carbocycles. The molecule has 0 amide bonds. The molecule has 0 aliphatic rings. The van der Waals surface area contributed by atoms with Gasteiger partial charge in [0.1, 0.15) is 0 Å². The summed E-state index contributed by atoms with van der Waals surface area (Å²) < 4.78 is 27.4. The van der Waals surface area contributed by atoms with Gasteiger partial charge in [-0.2, -0.15) is 14.8 Å². The van der Waals surface area contributed by atoms with E-state index >= 15 is 0 Å². The van der Waals surface area contributed by atoms with E-state index in [1.807, 2.05) is 6.92 Å². The minimum Gasteiger partial charge on any atom is -0.481 e. The van der Waals surface area contributed by atoms with E-state index in [0.29, 0.717) is 6.42 Å². The van der Waals surface area contributed by atoms with Crippen molar-refractivity contribution in [1.82, 2.24) is 0 Å². The first kappa shape index (κ1) is 20.4. The average molecular weight is 250 g/mol. The molecule has 14 heavy (non-hydrogen) atoms. The van der Waals surface area contributed by atoms with Crippen LogP contribution in [0.15, 0.2) is 0 Å². The third-order valence-corrected chi connectivity index (χ3v) is 1.67. The Kier molecular flexibility index (Phi) is 17.6. The predicted octanol–water partition coefficient (Wildman–Crippen LogP) is -2.03. The monoisotopic (exact) mass is 250 g/mol. The molecule has 0 aliphatic carbocycles. The van der Waals surface area contributed by atoms with Crippen LogP contribution in [0.25, 0.3) is 0 Å². The largest absolute Gasteiger partial charge is 1.00 e. The number of carbonyl (C=O) groups is 1. The van der Waals surface area contributed by atoms with E-state index in [4.69, 9.17) is 9.66 Å². The van der Waals surface area contributed by atoms with Gasteiger partial charge in [0, 0.05) is 12.2 Å². The second-order valence-electron chi connectivity index (χ2n) is 2.28. The molecule has 0 unspecified atom stereocenters. The summed E-state index contributed by atoms with van der Waals surface area (Å²) in [4.78, 5) is 9.60. The SMILES string of the molecule is CCCC(=O)O.[CH2-]CCS(=O)(=O)O.[K+]. The Labute approximate surface area is 127 Å². The van der Waals surface area contributed by atoms with Gasteiger partial charge in [-0.05, 0) is 6.42 Å². The van der Waals surface area contributed by atoms with Gasteiger partial charge in [0.25, 0.3) is 10.1 Å². The molecule has 0 bridgehead atoms. The molecule has 0 aromatic rings. The first-order valence-electron chi connectivity index (χ1n) is 3.79. The van der Waals surface area contributed by atoms with Crippen LogP contribution in [0.2, 0.25) is 0 Å². The fraction of sp³-hybridized carbons (Fsp3) is 0.714. The van der Waals surface area contributed by atoms with E-state index in [0.717, 1.165) is 6.42 Å². The van der Waals surface area contributed by atoms with E-state index in [-0.39, 0.29) is 63.6 Å². The third kappa shape index (κ3) is 29.2. The summed E-state index contributed by atoms with van der Waals surface area (Å²) in [7, 11) is -3.74. The molecule has 7 heteroatoms. The zero-order valence-electron chi connectivity index (χ0n) is 8.56. The van der Waals surface area contributed by atoms with Gasteiger partial charge < -0.3 is 12.0 Å². The number of rotatable bonds is 4. The quantitative estimate of drug-likeness (QED) is 0.341. The van der Waals surface area contributed by atoms with Crippen molar-refractivity contribution in [3.8, 4) is 0 Å². The first-order valence-corrected chi connectivity index (χ1v) is 5.40. The normalized spacial score (nSPS) is 9.36. The maximum Gasteiger partial charge on any atom is 1.00 e. The predicted molar refractivity (Wildman–Crippen MR) is 48.9 cm³/mol. The fourth-order valence-electron chi connectivity index (χ4n) is 0.396. The molecule has 80 valence electrons. The van der Waals surface area contributed by atoms with E-state index in [9.17, 15) is 13.2 Å². The Balaban J connectivity index is -0.000000163. The molecule has 0 aromatic heterocycles. The zero-order chi connectivity index (χ0) is 10.9. The molecule has 0 fully saturated rings. The molecule has 0 saturated carbocycles. The summed E-state index contributed by atoms with van der Waals surface area (Å²) in [6, 6.07) is 0. The van der Waals surface area contributed by atoms with Gasteiger partial charge in [0.2, 0.25) is 0 Å². The van der Waals surface area contributed by atoms with Crippen LogP contribution in [-0.4, -0.2) is 29.8 Å². The van der Waals surface area contributed by atoms with Gasteiger partial charge in [-0.3, -0.25) is 9.35 Å². The Morgan fingerprint density at radius 2 is 1.86 bits per heavy atom. The van der Waals surface area contributed by atoms with Crippen LogP contribution in [0.1, 0.15) is 26.2 Å². The number of carboxylic acids is 1. The summed E-state index contributed by atoms with van der Waals surface area (Å²) in [6.07, 6.45) is 1.24. The summed E-state index contributed by atoms with van der Waals surface area (Å²) in [5, 5.41) is 7.91. The standard InChI is InChI=1S/C4H8O2.C3H7O3S.K/c1-2-3-4(5)6;1-2-3-7(4,5)6;/h2-3H2,1H3,(H,5,6);1-3H2,(H,4,5,6);/q;-1;+1. The second kappa shape index (κ2) is 12.1.